The zero-order valence-electron chi connectivity index (χ0n) is 10.0. The number of nitrogens with zero attached hydrogens (tertiary/aromatic N) is 1. The van der Waals surface area contributed by atoms with Crippen molar-refractivity contribution in [3.05, 3.63) is 35.5 Å². The highest BCUT2D eigenvalue weighted by atomic mass is 16.1. The average molecular weight is 215 g/mol. The number of rotatable bonds is 3. The molecule has 1 aromatic heterocycles. The van der Waals surface area contributed by atoms with Crippen molar-refractivity contribution in [1.29, 1.82) is 0 Å². The van der Waals surface area contributed by atoms with E-state index in [0.717, 1.165) is 12.0 Å². The van der Waals surface area contributed by atoms with Gasteiger partial charge in [-0.2, -0.15) is 0 Å². The van der Waals surface area contributed by atoms with E-state index >= 15 is 0 Å². The Morgan fingerprint density at radius 3 is 2.75 bits per heavy atom. The van der Waals surface area contributed by atoms with Crippen molar-refractivity contribution in [3.8, 4) is 0 Å². The van der Waals surface area contributed by atoms with Crippen LogP contribution < -0.4 is 0 Å². The van der Waals surface area contributed by atoms with E-state index in [1.165, 1.54) is 16.5 Å². The van der Waals surface area contributed by atoms with Crippen molar-refractivity contribution in [2.75, 3.05) is 0 Å². The van der Waals surface area contributed by atoms with Gasteiger partial charge < -0.3 is 9.36 Å². The van der Waals surface area contributed by atoms with E-state index in [2.05, 4.69) is 49.6 Å². The van der Waals surface area contributed by atoms with Gasteiger partial charge in [0.25, 0.3) is 0 Å². The number of carbonyl (C=O) groups is 1. The molecule has 0 saturated carbocycles. The molecule has 16 heavy (non-hydrogen) atoms. The Labute approximate surface area is 95.9 Å². The van der Waals surface area contributed by atoms with Gasteiger partial charge in [-0.25, -0.2) is 0 Å². The number of aromatic nitrogens is 1. The minimum absolute atomic E-state index is 0.384. The number of aryl methyl sites for hydroxylation is 1. The van der Waals surface area contributed by atoms with Gasteiger partial charge >= 0.3 is 0 Å². The number of carbonyl (C=O) groups excluding carboxylic acids is 1. The van der Waals surface area contributed by atoms with Crippen LogP contribution in [0.5, 0.6) is 0 Å². The molecule has 0 radical (unpaired) electrons. The van der Waals surface area contributed by atoms with Gasteiger partial charge in [-0.3, -0.25) is 0 Å². The fourth-order valence-electron chi connectivity index (χ4n) is 2.31. The normalized spacial score (nSPS) is 11.2. The van der Waals surface area contributed by atoms with Crippen LogP contribution in [0.1, 0.15) is 31.1 Å². The smallest absolute Gasteiger partial charge is 0.125 e. The minimum Gasteiger partial charge on any atom is -0.342 e. The number of fused-ring (bicyclic) bond motifs is 1. The molecule has 2 nitrogen and oxygen atoms in total. The summed E-state index contributed by atoms with van der Waals surface area (Å²) in [6, 6.07) is 8.82. The lowest BCUT2D eigenvalue weighted by molar-refractivity contribution is -0.107. The molecule has 0 amide bonds. The minimum atomic E-state index is 0.384. The molecule has 2 aromatic rings. The molecule has 0 aliphatic carbocycles. The monoisotopic (exact) mass is 215 g/mol. The molecule has 84 valence electrons. The van der Waals surface area contributed by atoms with Gasteiger partial charge in [-0.05, 0) is 38.5 Å². The van der Waals surface area contributed by atoms with E-state index in [4.69, 9.17) is 0 Å². The quantitative estimate of drug-likeness (QED) is 0.720. The zero-order valence-corrected chi connectivity index (χ0v) is 10.0. The molecular weight excluding hydrogens is 198 g/mol. The van der Waals surface area contributed by atoms with Crippen LogP contribution in [0.4, 0.5) is 0 Å². The van der Waals surface area contributed by atoms with E-state index in [0.29, 0.717) is 12.5 Å². The molecule has 0 aliphatic heterocycles. The van der Waals surface area contributed by atoms with Crippen LogP contribution in [0.15, 0.2) is 24.3 Å². The van der Waals surface area contributed by atoms with Crippen LogP contribution in [-0.2, 0) is 11.2 Å². The maximum atomic E-state index is 10.7. The molecule has 0 aliphatic rings. The number of aldehydes is 1. The second-order valence-electron chi connectivity index (χ2n) is 4.48. The molecule has 1 aromatic carbocycles. The molecule has 2 rings (SSSR count). The lowest BCUT2D eigenvalue weighted by Crippen LogP contribution is -2.05. The third kappa shape index (κ3) is 1.64. The summed E-state index contributed by atoms with van der Waals surface area (Å²) in [6.45, 7) is 6.41. The summed E-state index contributed by atoms with van der Waals surface area (Å²) in [6.07, 6.45) is 1.47. The average Bonchev–Trinajstić information content (AvgIpc) is 2.58. The van der Waals surface area contributed by atoms with Gasteiger partial charge in [-0.1, -0.05) is 12.1 Å². The first kappa shape index (κ1) is 10.9. The molecule has 1 heterocycles. The van der Waals surface area contributed by atoms with Gasteiger partial charge in [-0.15, -0.1) is 0 Å². The van der Waals surface area contributed by atoms with E-state index in [-0.39, 0.29) is 0 Å². The van der Waals surface area contributed by atoms with Crippen LogP contribution in [0.3, 0.4) is 0 Å². The SMILES string of the molecule is Cc1cccc2c1cc(CC=O)n2C(C)C. The van der Waals surface area contributed by atoms with Crippen molar-refractivity contribution in [3.63, 3.8) is 0 Å². The Bertz CT molecular complexity index is 523. The van der Waals surface area contributed by atoms with Crippen LogP contribution in [0.25, 0.3) is 10.9 Å². The first-order valence-corrected chi connectivity index (χ1v) is 5.68. The first-order valence-electron chi connectivity index (χ1n) is 5.68. The van der Waals surface area contributed by atoms with Crippen LogP contribution in [0.2, 0.25) is 0 Å². The summed E-state index contributed by atoms with van der Waals surface area (Å²) >= 11 is 0. The van der Waals surface area contributed by atoms with Crippen molar-refractivity contribution in [2.45, 2.75) is 33.2 Å². The van der Waals surface area contributed by atoms with Crippen LogP contribution >= 0.6 is 0 Å². The van der Waals surface area contributed by atoms with Crippen LogP contribution in [0, 0.1) is 6.92 Å². The number of hydrogen-bond acceptors (Lipinski definition) is 1. The van der Waals surface area contributed by atoms with Gasteiger partial charge in [0.15, 0.2) is 0 Å². The van der Waals surface area contributed by atoms with Gasteiger partial charge in [0.1, 0.15) is 6.29 Å². The summed E-state index contributed by atoms with van der Waals surface area (Å²) in [5, 5.41) is 1.26. The summed E-state index contributed by atoms with van der Waals surface area (Å²) in [5.41, 5.74) is 3.60. The molecule has 2 heteroatoms. The topological polar surface area (TPSA) is 22.0 Å². The fraction of sp³-hybridized carbons (Fsp3) is 0.357. The number of benzene rings is 1. The van der Waals surface area contributed by atoms with Crippen molar-refractivity contribution >= 4 is 17.2 Å². The Kier molecular flexibility index (Phi) is 2.82. The van der Waals surface area contributed by atoms with Gasteiger partial charge in [0, 0.05) is 29.1 Å². The second kappa shape index (κ2) is 4.12. The van der Waals surface area contributed by atoms with Crippen molar-refractivity contribution in [1.82, 2.24) is 4.57 Å². The van der Waals surface area contributed by atoms with E-state index in [1.54, 1.807) is 0 Å². The predicted octanol–water partition coefficient (Wildman–Crippen LogP) is 3.27. The lowest BCUT2D eigenvalue weighted by Gasteiger charge is -2.13. The number of hydrogen-bond donors (Lipinski definition) is 0. The van der Waals surface area contributed by atoms with Crippen molar-refractivity contribution in [2.24, 2.45) is 0 Å². The maximum Gasteiger partial charge on any atom is 0.125 e. The van der Waals surface area contributed by atoms with E-state index < -0.39 is 0 Å². The maximum absolute atomic E-state index is 10.7. The third-order valence-electron chi connectivity index (χ3n) is 2.99. The first-order chi connectivity index (χ1) is 7.65. The molecule has 0 atom stereocenters. The Morgan fingerprint density at radius 1 is 1.38 bits per heavy atom. The second-order valence-corrected chi connectivity index (χ2v) is 4.48. The lowest BCUT2D eigenvalue weighted by atomic mass is 10.1. The predicted molar refractivity (Wildman–Crippen MR) is 66.8 cm³/mol. The Balaban J connectivity index is 2.75. The summed E-state index contributed by atoms with van der Waals surface area (Å²) in [5.74, 6) is 0. The van der Waals surface area contributed by atoms with E-state index in [9.17, 15) is 4.79 Å². The zero-order chi connectivity index (χ0) is 11.7. The Hall–Kier alpha value is -1.57. The molecular formula is C14H17NO. The molecule has 0 spiro atoms. The van der Waals surface area contributed by atoms with Gasteiger partial charge in [0.05, 0.1) is 0 Å². The highest BCUT2D eigenvalue weighted by Gasteiger charge is 2.11. The highest BCUT2D eigenvalue weighted by Crippen LogP contribution is 2.26. The van der Waals surface area contributed by atoms with Gasteiger partial charge in [0.2, 0.25) is 0 Å². The molecule has 0 unspecified atom stereocenters. The summed E-state index contributed by atoms with van der Waals surface area (Å²) in [7, 11) is 0. The van der Waals surface area contributed by atoms with Crippen molar-refractivity contribution < 1.29 is 4.79 Å². The standard InChI is InChI=1S/C14H17NO/c1-10(2)15-12(7-8-16)9-13-11(3)5-4-6-14(13)15/h4-6,8-10H,7H2,1-3H3. The van der Waals surface area contributed by atoms with E-state index in [1.807, 2.05) is 0 Å². The molecule has 0 saturated heterocycles. The fourth-order valence-corrected chi connectivity index (χ4v) is 2.31. The third-order valence-corrected chi connectivity index (χ3v) is 2.99. The van der Waals surface area contributed by atoms with Crippen LogP contribution in [-0.4, -0.2) is 10.9 Å². The largest absolute Gasteiger partial charge is 0.342 e. The molecule has 0 N–H and O–H groups in total. The molecule has 0 bridgehead atoms. The molecule has 0 fully saturated rings. The highest BCUT2D eigenvalue weighted by molar-refractivity contribution is 5.85. The summed E-state index contributed by atoms with van der Waals surface area (Å²) < 4.78 is 2.25. The summed E-state index contributed by atoms with van der Waals surface area (Å²) in [4.78, 5) is 10.7. The Morgan fingerprint density at radius 2 is 2.12 bits per heavy atom.